The molecule has 0 spiro atoms. The molecule has 0 unspecified atom stereocenters. The Kier molecular flexibility index (Phi) is 5.48. The van der Waals surface area contributed by atoms with Gasteiger partial charge < -0.3 is 0 Å². The van der Waals surface area contributed by atoms with E-state index in [4.69, 9.17) is 0 Å². The molecule has 0 N–H and O–H groups in total. The van der Waals surface area contributed by atoms with Crippen LogP contribution in [0, 0.1) is 5.82 Å². The molecular formula is C18H18FN3S2. The third-order valence-corrected chi connectivity index (χ3v) is 5.66. The molecule has 0 atom stereocenters. The van der Waals surface area contributed by atoms with Crippen molar-refractivity contribution in [2.75, 3.05) is 0 Å². The molecule has 3 aromatic rings. The highest BCUT2D eigenvalue weighted by atomic mass is 32.2. The van der Waals surface area contributed by atoms with Crippen molar-refractivity contribution in [1.29, 1.82) is 0 Å². The molecule has 0 fully saturated rings. The zero-order valence-electron chi connectivity index (χ0n) is 13.4. The van der Waals surface area contributed by atoms with E-state index < -0.39 is 0 Å². The van der Waals surface area contributed by atoms with Gasteiger partial charge in [-0.25, -0.2) is 4.39 Å². The van der Waals surface area contributed by atoms with E-state index in [1.165, 1.54) is 10.9 Å². The third-order valence-electron chi connectivity index (χ3n) is 3.55. The summed E-state index contributed by atoms with van der Waals surface area (Å²) in [6, 6.07) is 8.80. The monoisotopic (exact) mass is 359 g/mol. The van der Waals surface area contributed by atoms with E-state index in [1.807, 2.05) is 12.1 Å². The average Bonchev–Trinajstić information content (AvgIpc) is 3.20. The maximum Gasteiger partial charge on any atom is 0.192 e. The van der Waals surface area contributed by atoms with Gasteiger partial charge in [0.2, 0.25) is 0 Å². The molecule has 0 saturated carbocycles. The molecule has 3 nitrogen and oxygen atoms in total. The summed E-state index contributed by atoms with van der Waals surface area (Å²) in [5.74, 6) is 1.29. The summed E-state index contributed by atoms with van der Waals surface area (Å²) in [6.45, 7) is 6.62. The lowest BCUT2D eigenvalue weighted by atomic mass is 10.2. The van der Waals surface area contributed by atoms with Crippen LogP contribution < -0.4 is 0 Å². The number of allylic oxidation sites excluding steroid dienone is 1. The highest BCUT2D eigenvalue weighted by Gasteiger charge is 2.15. The molecule has 6 heteroatoms. The van der Waals surface area contributed by atoms with Crippen LogP contribution in [0.25, 0.3) is 11.4 Å². The molecule has 0 radical (unpaired) electrons. The standard InChI is InChI=1S/C18H18FN3S2/c1-3-8-22-17(14-10-16(4-2)23-12-14)20-21-18(22)24-11-13-6-5-7-15(19)9-13/h3,5-7,9-10,12H,1,4,8,11H2,2H3. The largest absolute Gasteiger partial charge is 0.298 e. The van der Waals surface area contributed by atoms with Crippen molar-refractivity contribution in [2.45, 2.75) is 30.8 Å². The Bertz CT molecular complexity index is 838. The van der Waals surface area contributed by atoms with E-state index in [2.05, 4.69) is 39.7 Å². The van der Waals surface area contributed by atoms with Crippen molar-refractivity contribution in [3.8, 4) is 11.4 Å². The van der Waals surface area contributed by atoms with Crippen LogP contribution in [0.3, 0.4) is 0 Å². The Hall–Kier alpha value is -1.92. The molecule has 0 bridgehead atoms. The van der Waals surface area contributed by atoms with Crippen LogP contribution in [-0.2, 0) is 18.7 Å². The second-order valence-electron chi connectivity index (χ2n) is 5.28. The number of halogens is 1. The highest BCUT2D eigenvalue weighted by Crippen LogP contribution is 2.29. The molecule has 0 aliphatic rings. The van der Waals surface area contributed by atoms with E-state index >= 15 is 0 Å². The van der Waals surface area contributed by atoms with Gasteiger partial charge in [0.25, 0.3) is 0 Å². The maximum absolute atomic E-state index is 13.3. The Labute approximate surface area is 149 Å². The Morgan fingerprint density at radius 1 is 1.33 bits per heavy atom. The first-order chi connectivity index (χ1) is 11.7. The number of thioether (sulfide) groups is 1. The van der Waals surface area contributed by atoms with Gasteiger partial charge in [-0.1, -0.05) is 36.9 Å². The number of aromatic nitrogens is 3. The van der Waals surface area contributed by atoms with Crippen LogP contribution in [0.1, 0.15) is 17.4 Å². The topological polar surface area (TPSA) is 30.7 Å². The summed E-state index contributed by atoms with van der Waals surface area (Å²) in [6.07, 6.45) is 2.85. The van der Waals surface area contributed by atoms with Crippen molar-refractivity contribution in [3.05, 3.63) is 64.6 Å². The van der Waals surface area contributed by atoms with Gasteiger partial charge in [-0.05, 0) is 30.2 Å². The number of benzene rings is 1. The summed E-state index contributed by atoms with van der Waals surface area (Å²) in [4.78, 5) is 1.33. The molecule has 1 aromatic carbocycles. The normalized spacial score (nSPS) is 10.9. The summed E-state index contributed by atoms with van der Waals surface area (Å²) in [7, 11) is 0. The van der Waals surface area contributed by atoms with Gasteiger partial charge in [0.05, 0.1) is 0 Å². The summed E-state index contributed by atoms with van der Waals surface area (Å²) in [5.41, 5.74) is 2.02. The van der Waals surface area contributed by atoms with Crippen LogP contribution in [0.4, 0.5) is 4.39 Å². The Morgan fingerprint density at radius 3 is 2.92 bits per heavy atom. The number of hydrogen-bond donors (Lipinski definition) is 0. The minimum atomic E-state index is -0.216. The lowest BCUT2D eigenvalue weighted by Crippen LogP contribution is -2.00. The van der Waals surface area contributed by atoms with E-state index in [1.54, 1.807) is 35.2 Å². The molecule has 124 valence electrons. The van der Waals surface area contributed by atoms with Gasteiger partial charge in [0.1, 0.15) is 5.82 Å². The first kappa shape index (κ1) is 16.9. The minimum absolute atomic E-state index is 0.216. The van der Waals surface area contributed by atoms with Crippen LogP contribution in [0.5, 0.6) is 0 Å². The zero-order valence-corrected chi connectivity index (χ0v) is 15.0. The molecule has 0 saturated heterocycles. The van der Waals surface area contributed by atoms with Crippen LogP contribution in [-0.4, -0.2) is 14.8 Å². The van der Waals surface area contributed by atoms with E-state index in [-0.39, 0.29) is 5.82 Å². The van der Waals surface area contributed by atoms with Gasteiger partial charge in [-0.15, -0.1) is 28.1 Å². The average molecular weight is 359 g/mol. The Morgan fingerprint density at radius 2 is 2.21 bits per heavy atom. The number of aryl methyl sites for hydroxylation is 1. The number of nitrogens with zero attached hydrogens (tertiary/aromatic N) is 3. The van der Waals surface area contributed by atoms with Crippen molar-refractivity contribution in [3.63, 3.8) is 0 Å². The lowest BCUT2D eigenvalue weighted by Gasteiger charge is -2.07. The summed E-state index contributed by atoms with van der Waals surface area (Å²) in [5, 5.41) is 11.6. The fraction of sp³-hybridized carbons (Fsp3) is 0.222. The van der Waals surface area contributed by atoms with Gasteiger partial charge >= 0.3 is 0 Å². The maximum atomic E-state index is 13.3. The predicted molar refractivity (Wildman–Crippen MR) is 98.9 cm³/mol. The smallest absolute Gasteiger partial charge is 0.192 e. The van der Waals surface area contributed by atoms with E-state index in [0.29, 0.717) is 12.3 Å². The second-order valence-corrected chi connectivity index (χ2v) is 7.22. The van der Waals surface area contributed by atoms with Crippen molar-refractivity contribution in [1.82, 2.24) is 14.8 Å². The molecule has 24 heavy (non-hydrogen) atoms. The number of hydrogen-bond acceptors (Lipinski definition) is 4. The predicted octanol–water partition coefficient (Wildman–Crippen LogP) is 5.19. The van der Waals surface area contributed by atoms with Crippen LogP contribution in [0.2, 0.25) is 0 Å². The summed E-state index contributed by atoms with van der Waals surface area (Å²) < 4.78 is 15.4. The van der Waals surface area contributed by atoms with Gasteiger partial charge in [-0.2, -0.15) is 0 Å². The third kappa shape index (κ3) is 3.76. The van der Waals surface area contributed by atoms with E-state index in [9.17, 15) is 4.39 Å². The van der Waals surface area contributed by atoms with Crippen molar-refractivity contribution >= 4 is 23.1 Å². The van der Waals surface area contributed by atoms with E-state index in [0.717, 1.165) is 28.5 Å². The fourth-order valence-electron chi connectivity index (χ4n) is 2.36. The summed E-state index contributed by atoms with van der Waals surface area (Å²) >= 11 is 3.29. The molecule has 3 rings (SSSR count). The first-order valence-corrected chi connectivity index (χ1v) is 9.57. The van der Waals surface area contributed by atoms with Crippen molar-refractivity contribution < 1.29 is 4.39 Å². The van der Waals surface area contributed by atoms with Crippen LogP contribution >= 0.6 is 23.1 Å². The number of thiophene rings is 1. The first-order valence-electron chi connectivity index (χ1n) is 7.70. The molecule has 2 aromatic heterocycles. The van der Waals surface area contributed by atoms with Gasteiger partial charge in [0.15, 0.2) is 11.0 Å². The van der Waals surface area contributed by atoms with Gasteiger partial charge in [-0.3, -0.25) is 4.57 Å². The highest BCUT2D eigenvalue weighted by molar-refractivity contribution is 7.98. The molecule has 0 amide bonds. The molecule has 0 aliphatic carbocycles. The molecular weight excluding hydrogens is 341 g/mol. The minimum Gasteiger partial charge on any atom is -0.298 e. The quantitative estimate of drug-likeness (QED) is 0.430. The van der Waals surface area contributed by atoms with Crippen molar-refractivity contribution in [2.24, 2.45) is 0 Å². The second kappa shape index (κ2) is 7.77. The van der Waals surface area contributed by atoms with Crippen LogP contribution in [0.15, 0.2) is 53.5 Å². The fourth-order valence-corrected chi connectivity index (χ4v) is 4.06. The lowest BCUT2D eigenvalue weighted by molar-refractivity contribution is 0.626. The molecule has 0 aliphatic heterocycles. The SMILES string of the molecule is C=CCn1c(SCc2cccc(F)c2)nnc1-c1csc(CC)c1. The Balaban J connectivity index is 1.84. The number of rotatable bonds is 7. The molecule has 2 heterocycles. The van der Waals surface area contributed by atoms with Gasteiger partial charge in [0, 0.05) is 28.1 Å². The zero-order chi connectivity index (χ0) is 16.9.